The molecule has 0 spiro atoms. The first kappa shape index (κ1) is 28.2. The van der Waals surface area contributed by atoms with Crippen LogP contribution in [0.3, 0.4) is 0 Å². The molecule has 0 heterocycles. The number of hydrogen-bond donors (Lipinski definition) is 0. The Labute approximate surface area is 253 Å². The molecule has 212 valence electrons. The molecular weight excluding hydrogens is 504 g/mol. The molecule has 0 aromatic heterocycles. The summed E-state index contributed by atoms with van der Waals surface area (Å²) in [6, 6.07) is 37.9. The van der Waals surface area contributed by atoms with Crippen molar-refractivity contribution < 1.29 is 0 Å². The van der Waals surface area contributed by atoms with Gasteiger partial charge in [-0.1, -0.05) is 145 Å². The molecule has 2 aliphatic carbocycles. The zero-order valence-corrected chi connectivity index (χ0v) is 26.6. The molecular formula is C42H44. The summed E-state index contributed by atoms with van der Waals surface area (Å²) in [5, 5.41) is 0. The fourth-order valence-corrected chi connectivity index (χ4v) is 7.88. The zero-order valence-electron chi connectivity index (χ0n) is 26.6. The molecule has 0 fully saturated rings. The first-order valence-electron chi connectivity index (χ1n) is 15.6. The van der Waals surface area contributed by atoms with E-state index in [1.807, 2.05) is 0 Å². The van der Waals surface area contributed by atoms with Gasteiger partial charge in [0, 0.05) is 10.8 Å². The molecule has 0 saturated heterocycles. The topological polar surface area (TPSA) is 0 Å². The fourth-order valence-electron chi connectivity index (χ4n) is 7.88. The van der Waals surface area contributed by atoms with E-state index in [4.69, 9.17) is 0 Å². The minimum Gasteiger partial charge on any atom is -0.0648 e. The molecule has 5 aromatic carbocycles. The van der Waals surface area contributed by atoms with Crippen LogP contribution in [0.15, 0.2) is 103 Å². The van der Waals surface area contributed by atoms with E-state index >= 15 is 0 Å². The molecule has 0 heteroatoms. The smallest absolute Gasteiger partial charge is 0.0161 e. The molecule has 5 aromatic rings. The summed E-state index contributed by atoms with van der Waals surface area (Å²) in [5.41, 5.74) is 18.5. The van der Waals surface area contributed by atoms with E-state index in [1.165, 1.54) is 78.7 Å². The van der Waals surface area contributed by atoms with E-state index in [2.05, 4.69) is 159 Å². The van der Waals surface area contributed by atoms with Gasteiger partial charge < -0.3 is 0 Å². The summed E-state index contributed by atoms with van der Waals surface area (Å²) >= 11 is 0. The first-order chi connectivity index (χ1) is 20.1. The third kappa shape index (κ3) is 4.27. The van der Waals surface area contributed by atoms with Crippen molar-refractivity contribution >= 4 is 0 Å². The molecule has 7 rings (SSSR count). The lowest BCUT2D eigenvalue weighted by Gasteiger charge is -2.27. The van der Waals surface area contributed by atoms with Crippen molar-refractivity contribution in [3.05, 3.63) is 142 Å². The second kappa shape index (κ2) is 10.4. The molecule has 0 radical (unpaired) electrons. The van der Waals surface area contributed by atoms with Gasteiger partial charge in [0.1, 0.15) is 0 Å². The molecule has 0 bridgehead atoms. The SMILES string of the molecule is CCC(C)c1ccccc1.Cc1c(-c2ccc3c(c2C)C(C)(C)c2ccccc2-3)ccc2c1C(C)(C)c1ccccc1-2. The first-order valence-corrected chi connectivity index (χ1v) is 15.6. The summed E-state index contributed by atoms with van der Waals surface area (Å²) in [6.45, 7) is 18.6. The van der Waals surface area contributed by atoms with Crippen LogP contribution in [0.25, 0.3) is 33.4 Å². The lowest BCUT2D eigenvalue weighted by Crippen LogP contribution is -2.18. The van der Waals surface area contributed by atoms with Crippen molar-refractivity contribution in [1.82, 2.24) is 0 Å². The normalized spacial score (nSPS) is 15.5. The van der Waals surface area contributed by atoms with Crippen LogP contribution in [0.5, 0.6) is 0 Å². The number of fused-ring (bicyclic) bond motifs is 6. The van der Waals surface area contributed by atoms with Crippen molar-refractivity contribution in [2.24, 2.45) is 0 Å². The monoisotopic (exact) mass is 548 g/mol. The van der Waals surface area contributed by atoms with E-state index in [9.17, 15) is 0 Å². The molecule has 1 atom stereocenters. The van der Waals surface area contributed by atoms with Gasteiger partial charge in [-0.15, -0.1) is 0 Å². The van der Waals surface area contributed by atoms with Crippen LogP contribution in [0.1, 0.15) is 92.8 Å². The Morgan fingerprint density at radius 3 is 1.29 bits per heavy atom. The van der Waals surface area contributed by atoms with Crippen LogP contribution in [0, 0.1) is 13.8 Å². The highest BCUT2D eigenvalue weighted by Gasteiger charge is 2.39. The Morgan fingerprint density at radius 2 is 0.857 bits per heavy atom. The maximum absolute atomic E-state index is 2.38. The number of benzene rings is 5. The lowest BCUT2D eigenvalue weighted by atomic mass is 9.76. The second-order valence-corrected chi connectivity index (χ2v) is 13.4. The van der Waals surface area contributed by atoms with E-state index in [-0.39, 0.29) is 10.8 Å². The second-order valence-electron chi connectivity index (χ2n) is 13.4. The van der Waals surface area contributed by atoms with Crippen LogP contribution in [0.4, 0.5) is 0 Å². The Balaban J connectivity index is 0.000000269. The van der Waals surface area contributed by atoms with Gasteiger partial charge in [-0.3, -0.25) is 0 Å². The average molecular weight is 549 g/mol. The Hall–Kier alpha value is -3.90. The van der Waals surface area contributed by atoms with Crippen LogP contribution in [-0.2, 0) is 10.8 Å². The highest BCUT2D eigenvalue weighted by molar-refractivity contribution is 5.89. The molecule has 1 unspecified atom stereocenters. The number of rotatable bonds is 3. The molecule has 42 heavy (non-hydrogen) atoms. The quantitative estimate of drug-likeness (QED) is 0.210. The molecule has 0 nitrogen and oxygen atoms in total. The third-order valence-corrected chi connectivity index (χ3v) is 10.2. The van der Waals surface area contributed by atoms with Crippen molar-refractivity contribution in [3.63, 3.8) is 0 Å². The van der Waals surface area contributed by atoms with Crippen LogP contribution in [0.2, 0.25) is 0 Å². The standard InChI is InChI=1S/C32H30.C10H14/c1-19-21(15-17-25-23-11-7-9-13-27(23)31(3,4)29(19)25)22-16-18-26-24-12-8-10-14-28(24)32(5,6)30(26)20(22)2;1-3-9(2)10-7-5-4-6-8-10/h7-18H,1-6H3;4-9H,3H2,1-2H3. The minimum absolute atomic E-state index is 0.0200. The molecule has 0 saturated carbocycles. The van der Waals surface area contributed by atoms with Crippen LogP contribution >= 0.6 is 0 Å². The average Bonchev–Trinajstić information content (AvgIpc) is 3.39. The highest BCUT2D eigenvalue weighted by Crippen LogP contribution is 2.54. The van der Waals surface area contributed by atoms with Gasteiger partial charge in [0.15, 0.2) is 0 Å². The van der Waals surface area contributed by atoms with Crippen molar-refractivity contribution in [1.29, 1.82) is 0 Å². The van der Waals surface area contributed by atoms with E-state index in [1.54, 1.807) is 0 Å². The van der Waals surface area contributed by atoms with Gasteiger partial charge in [0.2, 0.25) is 0 Å². The van der Waals surface area contributed by atoms with E-state index in [0.717, 1.165) is 0 Å². The van der Waals surface area contributed by atoms with Crippen molar-refractivity contribution in [2.75, 3.05) is 0 Å². The van der Waals surface area contributed by atoms with Crippen LogP contribution < -0.4 is 0 Å². The minimum atomic E-state index is 0.0200. The molecule has 0 N–H and O–H groups in total. The Kier molecular flexibility index (Phi) is 7.01. The van der Waals surface area contributed by atoms with Gasteiger partial charge in [-0.2, -0.15) is 0 Å². The maximum atomic E-state index is 2.38. The van der Waals surface area contributed by atoms with Gasteiger partial charge in [-0.25, -0.2) is 0 Å². The summed E-state index contributed by atoms with van der Waals surface area (Å²) in [4.78, 5) is 0. The Morgan fingerprint density at radius 1 is 0.476 bits per heavy atom. The summed E-state index contributed by atoms with van der Waals surface area (Å²) < 4.78 is 0. The van der Waals surface area contributed by atoms with Crippen molar-refractivity contribution in [3.8, 4) is 33.4 Å². The van der Waals surface area contributed by atoms with Gasteiger partial charge in [0.25, 0.3) is 0 Å². The summed E-state index contributed by atoms with van der Waals surface area (Å²) in [6.07, 6.45) is 1.23. The molecule has 0 amide bonds. The third-order valence-electron chi connectivity index (χ3n) is 10.2. The molecule has 2 aliphatic rings. The van der Waals surface area contributed by atoms with E-state index in [0.29, 0.717) is 5.92 Å². The predicted octanol–water partition coefficient (Wildman–Crippen LogP) is 11.8. The van der Waals surface area contributed by atoms with Gasteiger partial charge >= 0.3 is 0 Å². The highest BCUT2D eigenvalue weighted by atomic mass is 14.4. The maximum Gasteiger partial charge on any atom is 0.0161 e. The summed E-state index contributed by atoms with van der Waals surface area (Å²) in [7, 11) is 0. The van der Waals surface area contributed by atoms with Crippen molar-refractivity contribution in [2.45, 2.75) is 78.6 Å². The number of hydrogen-bond acceptors (Lipinski definition) is 0. The predicted molar refractivity (Wildman–Crippen MR) is 182 cm³/mol. The van der Waals surface area contributed by atoms with Gasteiger partial charge in [-0.05, 0) is 98.5 Å². The largest absolute Gasteiger partial charge is 0.0648 e. The Bertz CT molecular complexity index is 1670. The zero-order chi connectivity index (χ0) is 29.8. The summed E-state index contributed by atoms with van der Waals surface area (Å²) in [5.74, 6) is 0.709. The van der Waals surface area contributed by atoms with Crippen LogP contribution in [-0.4, -0.2) is 0 Å². The fraction of sp³-hybridized carbons (Fsp3) is 0.286. The van der Waals surface area contributed by atoms with E-state index < -0.39 is 0 Å². The molecule has 0 aliphatic heterocycles. The van der Waals surface area contributed by atoms with Gasteiger partial charge in [0.05, 0.1) is 0 Å². The lowest BCUT2D eigenvalue weighted by molar-refractivity contribution is 0.654.